The highest BCUT2D eigenvalue weighted by Crippen LogP contribution is 2.39. The monoisotopic (exact) mass is 233 g/mol. The molecule has 0 aliphatic carbocycles. The third-order valence-electron chi connectivity index (χ3n) is 2.22. The van der Waals surface area contributed by atoms with Gasteiger partial charge in [-0.25, -0.2) is 0 Å². The molecule has 0 saturated carbocycles. The summed E-state index contributed by atoms with van der Waals surface area (Å²) in [5.74, 6) is 0.605. The third kappa shape index (κ3) is 1.68. The number of rotatable bonds is 1. The van der Waals surface area contributed by atoms with E-state index < -0.39 is 0 Å². The number of hydrogen-bond acceptors (Lipinski definition) is 3. The minimum atomic E-state index is -0.157. The van der Waals surface area contributed by atoms with Crippen LogP contribution in [0.15, 0.2) is 12.1 Å². The molecule has 2 N–H and O–H groups in total. The molecule has 1 heterocycles. The maximum atomic E-state index is 8.93. The second kappa shape index (κ2) is 3.95. The van der Waals surface area contributed by atoms with E-state index in [-0.39, 0.29) is 6.04 Å². The first-order valence-corrected chi connectivity index (χ1v) is 4.99. The first kappa shape index (κ1) is 10.1. The lowest BCUT2D eigenvalue weighted by Gasteiger charge is -2.25. The fourth-order valence-electron chi connectivity index (χ4n) is 1.56. The summed E-state index contributed by atoms with van der Waals surface area (Å²) < 4.78 is 5.40. The van der Waals surface area contributed by atoms with Gasteiger partial charge in [0.05, 0.1) is 17.7 Å². The van der Waals surface area contributed by atoms with Crippen molar-refractivity contribution in [1.29, 1.82) is 0 Å². The average molecular weight is 234 g/mol. The zero-order valence-electron chi connectivity index (χ0n) is 7.26. The van der Waals surface area contributed by atoms with Gasteiger partial charge in [0.25, 0.3) is 0 Å². The van der Waals surface area contributed by atoms with Crippen LogP contribution in [0, 0.1) is 0 Å². The number of hydrogen-bond donors (Lipinski definition) is 2. The third-order valence-corrected chi connectivity index (χ3v) is 2.72. The molecule has 1 aromatic carbocycles. The summed E-state index contributed by atoms with van der Waals surface area (Å²) in [4.78, 5) is 0. The number of benzene rings is 1. The van der Waals surface area contributed by atoms with Crippen molar-refractivity contribution >= 4 is 23.2 Å². The lowest BCUT2D eigenvalue weighted by atomic mass is 10.0. The fourth-order valence-corrected chi connectivity index (χ4v) is 2.12. The van der Waals surface area contributed by atoms with Crippen molar-refractivity contribution in [2.45, 2.75) is 12.5 Å². The van der Waals surface area contributed by atoms with Crippen LogP contribution in [0.1, 0.15) is 18.0 Å². The van der Waals surface area contributed by atoms with Gasteiger partial charge in [-0.2, -0.15) is 5.48 Å². The molecule has 14 heavy (non-hydrogen) atoms. The Labute approximate surface area is 91.5 Å². The largest absolute Gasteiger partial charge is 0.492 e. The topological polar surface area (TPSA) is 41.5 Å². The number of fused-ring (bicyclic) bond motifs is 1. The number of halogens is 2. The molecule has 1 aliphatic heterocycles. The van der Waals surface area contributed by atoms with Crippen LogP contribution >= 0.6 is 23.2 Å². The predicted molar refractivity (Wildman–Crippen MR) is 54.2 cm³/mol. The molecule has 1 unspecified atom stereocenters. The summed E-state index contributed by atoms with van der Waals surface area (Å²) in [7, 11) is 0. The van der Waals surface area contributed by atoms with Gasteiger partial charge in [0.1, 0.15) is 5.75 Å². The Balaban J connectivity index is 2.51. The van der Waals surface area contributed by atoms with Crippen LogP contribution in [0.4, 0.5) is 0 Å². The van der Waals surface area contributed by atoms with E-state index in [0.29, 0.717) is 28.8 Å². The molecule has 0 saturated heterocycles. The standard InChI is InChI=1S/C9H9Cl2NO2/c10-5-3-6-8(12-13)1-2-14-9(6)7(11)4-5/h3-4,8,12-13H,1-2H2. The van der Waals surface area contributed by atoms with E-state index in [1.54, 1.807) is 12.1 Å². The molecular weight excluding hydrogens is 225 g/mol. The van der Waals surface area contributed by atoms with Crippen molar-refractivity contribution in [3.8, 4) is 5.75 Å². The highest BCUT2D eigenvalue weighted by molar-refractivity contribution is 6.35. The van der Waals surface area contributed by atoms with E-state index in [2.05, 4.69) is 5.48 Å². The van der Waals surface area contributed by atoms with Crippen molar-refractivity contribution in [2.75, 3.05) is 6.61 Å². The summed E-state index contributed by atoms with van der Waals surface area (Å²) >= 11 is 11.8. The normalized spacial score (nSPS) is 20.1. The van der Waals surface area contributed by atoms with Gasteiger partial charge in [0.15, 0.2) is 0 Å². The Hall–Kier alpha value is -0.480. The van der Waals surface area contributed by atoms with Crippen LogP contribution < -0.4 is 10.2 Å². The quantitative estimate of drug-likeness (QED) is 0.734. The minimum Gasteiger partial charge on any atom is -0.492 e. The van der Waals surface area contributed by atoms with E-state index in [0.717, 1.165) is 5.56 Å². The second-order valence-corrected chi connectivity index (χ2v) is 3.97. The van der Waals surface area contributed by atoms with Crippen molar-refractivity contribution in [2.24, 2.45) is 0 Å². The molecule has 1 aromatic rings. The first-order valence-electron chi connectivity index (χ1n) is 4.23. The molecule has 0 aromatic heterocycles. The summed E-state index contributed by atoms with van der Waals surface area (Å²) in [6.45, 7) is 0.534. The molecule has 76 valence electrons. The highest BCUT2D eigenvalue weighted by atomic mass is 35.5. The van der Waals surface area contributed by atoms with Gasteiger partial charge < -0.3 is 9.94 Å². The Morgan fingerprint density at radius 3 is 2.93 bits per heavy atom. The van der Waals surface area contributed by atoms with Crippen molar-refractivity contribution < 1.29 is 9.94 Å². The Morgan fingerprint density at radius 2 is 2.21 bits per heavy atom. The number of nitrogens with one attached hydrogen (secondary N) is 1. The van der Waals surface area contributed by atoms with Gasteiger partial charge in [-0.15, -0.1) is 0 Å². The summed E-state index contributed by atoms with van der Waals surface area (Å²) in [5, 5.41) is 9.95. The van der Waals surface area contributed by atoms with Crippen LogP contribution in [0.3, 0.4) is 0 Å². The van der Waals surface area contributed by atoms with Gasteiger partial charge in [-0.3, -0.25) is 0 Å². The molecule has 1 atom stereocenters. The van der Waals surface area contributed by atoms with Crippen LogP contribution in [0.5, 0.6) is 5.75 Å². The smallest absolute Gasteiger partial charge is 0.142 e. The van der Waals surface area contributed by atoms with Gasteiger partial charge in [-0.1, -0.05) is 23.2 Å². The Bertz CT molecular complexity index is 357. The van der Waals surface area contributed by atoms with Gasteiger partial charge in [0.2, 0.25) is 0 Å². The maximum absolute atomic E-state index is 8.93. The van der Waals surface area contributed by atoms with Gasteiger partial charge in [-0.05, 0) is 12.1 Å². The first-order chi connectivity index (χ1) is 6.72. The number of hydroxylamine groups is 1. The lowest BCUT2D eigenvalue weighted by Crippen LogP contribution is -2.24. The van der Waals surface area contributed by atoms with Crippen molar-refractivity contribution in [3.63, 3.8) is 0 Å². The van der Waals surface area contributed by atoms with E-state index in [1.807, 2.05) is 0 Å². The summed E-state index contributed by atoms with van der Waals surface area (Å²) in [6, 6.07) is 3.22. The average Bonchev–Trinajstić information content (AvgIpc) is 2.17. The molecule has 0 amide bonds. The van der Waals surface area contributed by atoms with Gasteiger partial charge >= 0.3 is 0 Å². The lowest BCUT2D eigenvalue weighted by molar-refractivity contribution is 0.101. The molecule has 0 bridgehead atoms. The molecule has 5 heteroatoms. The maximum Gasteiger partial charge on any atom is 0.142 e. The minimum absolute atomic E-state index is 0.157. The summed E-state index contributed by atoms with van der Waals surface area (Å²) in [5.41, 5.74) is 3.02. The molecular formula is C9H9Cl2NO2. The van der Waals surface area contributed by atoms with Crippen molar-refractivity contribution in [1.82, 2.24) is 5.48 Å². The molecule has 2 rings (SSSR count). The highest BCUT2D eigenvalue weighted by Gasteiger charge is 2.23. The molecule has 0 radical (unpaired) electrons. The van der Waals surface area contributed by atoms with Gasteiger partial charge in [0, 0.05) is 17.0 Å². The van der Waals surface area contributed by atoms with Crippen LogP contribution in [-0.4, -0.2) is 11.8 Å². The predicted octanol–water partition coefficient (Wildman–Crippen LogP) is 2.80. The van der Waals surface area contributed by atoms with Crippen LogP contribution in [-0.2, 0) is 0 Å². The molecule has 1 aliphatic rings. The SMILES string of the molecule is ONC1CCOc2c(Cl)cc(Cl)cc21. The van der Waals surface area contributed by atoms with Crippen molar-refractivity contribution in [3.05, 3.63) is 27.7 Å². The fraction of sp³-hybridized carbons (Fsp3) is 0.333. The zero-order chi connectivity index (χ0) is 10.1. The van der Waals surface area contributed by atoms with E-state index >= 15 is 0 Å². The number of ether oxygens (including phenoxy) is 1. The summed E-state index contributed by atoms with van der Waals surface area (Å²) in [6.07, 6.45) is 0.695. The van der Waals surface area contributed by atoms with Crippen LogP contribution in [0.2, 0.25) is 10.0 Å². The second-order valence-electron chi connectivity index (χ2n) is 3.12. The van der Waals surface area contributed by atoms with E-state index in [4.69, 9.17) is 33.1 Å². The molecule has 0 spiro atoms. The van der Waals surface area contributed by atoms with E-state index in [9.17, 15) is 0 Å². The Morgan fingerprint density at radius 1 is 1.43 bits per heavy atom. The zero-order valence-corrected chi connectivity index (χ0v) is 8.77. The Kier molecular flexibility index (Phi) is 2.83. The molecule has 0 fully saturated rings. The molecule has 3 nitrogen and oxygen atoms in total. The van der Waals surface area contributed by atoms with Crippen LogP contribution in [0.25, 0.3) is 0 Å². The van der Waals surface area contributed by atoms with E-state index in [1.165, 1.54) is 0 Å².